The highest BCUT2D eigenvalue weighted by molar-refractivity contribution is 4.95. The molecule has 0 radical (unpaired) electrons. The van der Waals surface area contributed by atoms with E-state index in [-0.39, 0.29) is 6.42 Å². The van der Waals surface area contributed by atoms with Gasteiger partial charge in [-0.3, -0.25) is 0 Å². The van der Waals surface area contributed by atoms with Crippen molar-refractivity contribution in [2.45, 2.75) is 82.1 Å². The van der Waals surface area contributed by atoms with Crippen LogP contribution in [0.3, 0.4) is 0 Å². The smallest absolute Gasteiger partial charge is 0.219 e. The summed E-state index contributed by atoms with van der Waals surface area (Å²) >= 11 is 0. The lowest BCUT2D eigenvalue weighted by molar-refractivity contribution is -0.247. The molecule has 1 saturated heterocycles. The minimum absolute atomic E-state index is 0.133. The first-order valence-electron chi connectivity index (χ1n) is 7.50. The molecule has 1 unspecified atom stereocenters. The Labute approximate surface area is 120 Å². The van der Waals surface area contributed by atoms with Crippen LogP contribution in [0.4, 0.5) is 0 Å². The molecule has 1 aliphatic rings. The average Bonchev–Trinajstić information content (AvgIpc) is 2.64. The normalized spacial score (nSPS) is 35.4. The number of hydrogen-bond donors (Lipinski definition) is 5. The maximum atomic E-state index is 9.90. The Hall–Kier alpha value is -0.240. The Morgan fingerprint density at radius 3 is 2.35 bits per heavy atom. The Bertz CT molecular complexity index is 274. The van der Waals surface area contributed by atoms with E-state index < -0.39 is 36.8 Å². The second-order valence-corrected chi connectivity index (χ2v) is 5.69. The van der Waals surface area contributed by atoms with Gasteiger partial charge in [0.1, 0.15) is 12.2 Å². The second-order valence-electron chi connectivity index (χ2n) is 5.69. The van der Waals surface area contributed by atoms with E-state index in [1.807, 2.05) is 0 Å². The zero-order valence-corrected chi connectivity index (χ0v) is 12.1. The molecule has 1 heterocycles. The molecule has 0 aromatic carbocycles. The summed E-state index contributed by atoms with van der Waals surface area (Å²) in [5.41, 5.74) is 0. The molecule has 0 amide bonds. The van der Waals surface area contributed by atoms with Crippen molar-refractivity contribution in [1.82, 2.24) is 0 Å². The number of aliphatic hydroxyl groups is 5. The molecule has 5 N–H and O–H groups in total. The van der Waals surface area contributed by atoms with Crippen molar-refractivity contribution in [1.29, 1.82) is 0 Å². The van der Waals surface area contributed by atoms with Gasteiger partial charge in [0, 0.05) is 6.42 Å². The standard InChI is InChI=1S/C14H28O6/c1-2-3-4-5-6-7-10(16)8-11-12(17)13(18)14(19,9-15)20-11/h10-13,15-19H,2-9H2,1H3/t10?,11-,12-,13+,14-/m1/s1. The van der Waals surface area contributed by atoms with E-state index in [0.717, 1.165) is 19.3 Å². The molecule has 120 valence electrons. The minimum Gasteiger partial charge on any atom is -0.393 e. The van der Waals surface area contributed by atoms with Gasteiger partial charge >= 0.3 is 0 Å². The lowest BCUT2D eigenvalue weighted by Crippen LogP contribution is -2.46. The molecule has 20 heavy (non-hydrogen) atoms. The first-order valence-corrected chi connectivity index (χ1v) is 7.50. The summed E-state index contributed by atoms with van der Waals surface area (Å²) < 4.78 is 5.08. The molecule has 0 aromatic rings. The minimum atomic E-state index is -2.13. The van der Waals surface area contributed by atoms with Crippen LogP contribution in [0.2, 0.25) is 0 Å². The monoisotopic (exact) mass is 292 g/mol. The topological polar surface area (TPSA) is 110 Å². The van der Waals surface area contributed by atoms with Crippen molar-refractivity contribution in [2.24, 2.45) is 0 Å². The van der Waals surface area contributed by atoms with E-state index in [2.05, 4.69) is 6.92 Å². The molecular weight excluding hydrogens is 264 g/mol. The van der Waals surface area contributed by atoms with E-state index >= 15 is 0 Å². The van der Waals surface area contributed by atoms with Gasteiger partial charge < -0.3 is 30.3 Å². The Morgan fingerprint density at radius 1 is 1.15 bits per heavy atom. The van der Waals surface area contributed by atoms with E-state index in [1.54, 1.807) is 0 Å². The predicted octanol–water partition coefficient (Wildman–Crippen LogP) is -0.101. The van der Waals surface area contributed by atoms with Crippen LogP contribution in [0.1, 0.15) is 51.9 Å². The SMILES string of the molecule is CCCCCCCC(O)C[C@H]1O[C@](O)(CO)[C@@H](O)[C@@H]1O. The fourth-order valence-electron chi connectivity index (χ4n) is 2.56. The van der Waals surface area contributed by atoms with Crippen LogP contribution in [-0.2, 0) is 4.74 Å². The van der Waals surface area contributed by atoms with E-state index in [0.29, 0.717) is 6.42 Å². The van der Waals surface area contributed by atoms with Gasteiger partial charge in [0.05, 0.1) is 18.8 Å². The van der Waals surface area contributed by atoms with Crippen molar-refractivity contribution < 1.29 is 30.3 Å². The predicted molar refractivity (Wildman–Crippen MR) is 72.9 cm³/mol. The summed E-state index contributed by atoms with van der Waals surface area (Å²) in [7, 11) is 0. The van der Waals surface area contributed by atoms with E-state index in [4.69, 9.17) is 9.84 Å². The third kappa shape index (κ3) is 4.65. The highest BCUT2D eigenvalue weighted by Gasteiger charge is 2.53. The summed E-state index contributed by atoms with van der Waals surface area (Å²) in [4.78, 5) is 0. The molecule has 6 heteroatoms. The fourth-order valence-corrected chi connectivity index (χ4v) is 2.56. The Balaban J connectivity index is 2.30. The zero-order valence-electron chi connectivity index (χ0n) is 12.1. The summed E-state index contributed by atoms with van der Waals surface area (Å²) in [6, 6.07) is 0. The molecular formula is C14H28O6. The number of unbranched alkanes of at least 4 members (excludes halogenated alkanes) is 4. The van der Waals surface area contributed by atoms with Crippen molar-refractivity contribution >= 4 is 0 Å². The van der Waals surface area contributed by atoms with Crippen LogP contribution in [0.5, 0.6) is 0 Å². The summed E-state index contributed by atoms with van der Waals surface area (Å²) in [6.07, 6.45) is 1.82. The molecule has 0 aromatic heterocycles. The molecule has 0 saturated carbocycles. The second kappa shape index (κ2) is 8.26. The Kier molecular flexibility index (Phi) is 7.36. The van der Waals surface area contributed by atoms with Crippen LogP contribution in [-0.4, -0.2) is 62.3 Å². The molecule has 1 aliphatic heterocycles. The first-order chi connectivity index (χ1) is 9.44. The molecule has 6 nitrogen and oxygen atoms in total. The highest BCUT2D eigenvalue weighted by Crippen LogP contribution is 2.31. The summed E-state index contributed by atoms with van der Waals surface area (Å²) in [5.74, 6) is -2.13. The largest absolute Gasteiger partial charge is 0.393 e. The molecule has 1 fully saturated rings. The number of aliphatic hydroxyl groups excluding tert-OH is 4. The lowest BCUT2D eigenvalue weighted by atomic mass is 9.99. The van der Waals surface area contributed by atoms with Gasteiger partial charge in [-0.05, 0) is 6.42 Å². The average molecular weight is 292 g/mol. The summed E-state index contributed by atoms with van der Waals surface area (Å²) in [6.45, 7) is 1.34. The van der Waals surface area contributed by atoms with Crippen LogP contribution in [0.15, 0.2) is 0 Å². The number of rotatable bonds is 9. The molecule has 1 rings (SSSR count). The molecule has 0 aliphatic carbocycles. The van der Waals surface area contributed by atoms with Gasteiger partial charge in [-0.1, -0.05) is 39.0 Å². The molecule has 5 atom stereocenters. The van der Waals surface area contributed by atoms with E-state index in [1.165, 1.54) is 12.8 Å². The molecule has 0 bridgehead atoms. The highest BCUT2D eigenvalue weighted by atomic mass is 16.7. The van der Waals surface area contributed by atoms with E-state index in [9.17, 15) is 20.4 Å². The van der Waals surface area contributed by atoms with Gasteiger partial charge in [0.15, 0.2) is 0 Å². The van der Waals surface area contributed by atoms with Gasteiger partial charge in [-0.25, -0.2) is 0 Å². The third-order valence-electron chi connectivity index (χ3n) is 3.89. The quantitative estimate of drug-likeness (QED) is 0.380. The van der Waals surface area contributed by atoms with Crippen molar-refractivity contribution in [3.63, 3.8) is 0 Å². The lowest BCUT2D eigenvalue weighted by Gasteiger charge is -2.23. The Morgan fingerprint density at radius 2 is 1.80 bits per heavy atom. The van der Waals surface area contributed by atoms with Crippen molar-refractivity contribution in [2.75, 3.05) is 6.61 Å². The number of hydrogen-bond acceptors (Lipinski definition) is 6. The summed E-state index contributed by atoms with van der Waals surface area (Å²) in [5, 5.41) is 48.0. The fraction of sp³-hybridized carbons (Fsp3) is 1.00. The van der Waals surface area contributed by atoms with Crippen molar-refractivity contribution in [3.8, 4) is 0 Å². The van der Waals surface area contributed by atoms with Crippen molar-refractivity contribution in [3.05, 3.63) is 0 Å². The van der Waals surface area contributed by atoms with Crippen LogP contribution >= 0.6 is 0 Å². The van der Waals surface area contributed by atoms with Gasteiger partial charge in [-0.15, -0.1) is 0 Å². The third-order valence-corrected chi connectivity index (χ3v) is 3.89. The maximum Gasteiger partial charge on any atom is 0.219 e. The molecule has 0 spiro atoms. The van der Waals surface area contributed by atoms with Crippen LogP contribution < -0.4 is 0 Å². The van der Waals surface area contributed by atoms with Crippen LogP contribution in [0, 0.1) is 0 Å². The van der Waals surface area contributed by atoms with Gasteiger partial charge in [0.2, 0.25) is 5.79 Å². The van der Waals surface area contributed by atoms with Crippen LogP contribution in [0.25, 0.3) is 0 Å². The van der Waals surface area contributed by atoms with Gasteiger partial charge in [-0.2, -0.15) is 0 Å². The zero-order chi connectivity index (χ0) is 15.2. The maximum absolute atomic E-state index is 9.90. The number of ether oxygens (including phenoxy) is 1. The van der Waals surface area contributed by atoms with Gasteiger partial charge in [0.25, 0.3) is 0 Å². The first kappa shape index (κ1) is 17.8.